The molecule has 0 spiro atoms. The standard InChI is InChI=1S/C16H26N4O/c1-16(2,3)14-12-13-15(17-8-10-20(13)18-14)19(4)9-6-5-7-11-21/h8,10,12,21H,5-7,9,11H2,1-4H3. The van der Waals surface area contributed by atoms with Crippen LogP contribution in [0.4, 0.5) is 5.82 Å². The topological polar surface area (TPSA) is 53.7 Å². The van der Waals surface area contributed by atoms with E-state index in [1.807, 2.05) is 10.7 Å². The average Bonchev–Trinajstić information content (AvgIpc) is 2.87. The maximum Gasteiger partial charge on any atom is 0.154 e. The number of anilines is 1. The van der Waals surface area contributed by atoms with Crippen molar-refractivity contribution >= 4 is 11.3 Å². The van der Waals surface area contributed by atoms with Gasteiger partial charge >= 0.3 is 0 Å². The largest absolute Gasteiger partial charge is 0.396 e. The Morgan fingerprint density at radius 1 is 1.24 bits per heavy atom. The van der Waals surface area contributed by atoms with Crippen molar-refractivity contribution in [2.45, 2.75) is 45.4 Å². The van der Waals surface area contributed by atoms with Crippen molar-refractivity contribution in [3.05, 3.63) is 24.2 Å². The SMILES string of the molecule is CN(CCCCCO)c1nccn2nc(C(C)(C)C)cc12. The fraction of sp³-hybridized carbons (Fsp3) is 0.625. The van der Waals surface area contributed by atoms with Crippen molar-refractivity contribution in [2.24, 2.45) is 0 Å². The summed E-state index contributed by atoms with van der Waals surface area (Å²) in [6.45, 7) is 7.71. The number of aliphatic hydroxyl groups is 1. The lowest BCUT2D eigenvalue weighted by Crippen LogP contribution is -2.20. The van der Waals surface area contributed by atoms with Crippen LogP contribution >= 0.6 is 0 Å². The first-order valence-electron chi connectivity index (χ1n) is 7.60. The second-order valence-corrected chi connectivity index (χ2v) is 6.57. The molecule has 2 heterocycles. The highest BCUT2D eigenvalue weighted by atomic mass is 16.2. The lowest BCUT2D eigenvalue weighted by Gasteiger charge is -2.18. The van der Waals surface area contributed by atoms with Gasteiger partial charge in [-0.05, 0) is 25.3 Å². The molecule has 0 aliphatic rings. The average molecular weight is 290 g/mol. The lowest BCUT2D eigenvalue weighted by molar-refractivity contribution is 0.283. The Bertz CT molecular complexity index is 585. The third kappa shape index (κ3) is 3.73. The number of aromatic nitrogens is 3. The Labute approximate surface area is 126 Å². The van der Waals surface area contributed by atoms with E-state index in [0.717, 1.165) is 42.8 Å². The summed E-state index contributed by atoms with van der Waals surface area (Å²) in [6.07, 6.45) is 6.66. The number of aliphatic hydroxyl groups excluding tert-OH is 1. The van der Waals surface area contributed by atoms with Crippen LogP contribution in [0.25, 0.3) is 5.52 Å². The molecule has 0 unspecified atom stereocenters. The number of unbranched alkanes of at least 4 members (excludes halogenated alkanes) is 2. The Balaban J connectivity index is 2.21. The van der Waals surface area contributed by atoms with Gasteiger partial charge in [-0.3, -0.25) is 0 Å². The molecule has 0 aromatic carbocycles. The van der Waals surface area contributed by atoms with Crippen molar-refractivity contribution in [3.63, 3.8) is 0 Å². The molecule has 1 N–H and O–H groups in total. The summed E-state index contributed by atoms with van der Waals surface area (Å²) < 4.78 is 1.91. The van der Waals surface area contributed by atoms with Gasteiger partial charge in [-0.1, -0.05) is 20.8 Å². The van der Waals surface area contributed by atoms with E-state index < -0.39 is 0 Å². The van der Waals surface area contributed by atoms with Gasteiger partial charge in [-0.15, -0.1) is 0 Å². The van der Waals surface area contributed by atoms with Gasteiger partial charge in [0.15, 0.2) is 5.82 Å². The van der Waals surface area contributed by atoms with Crippen LogP contribution in [0.15, 0.2) is 18.5 Å². The Kier molecular flexibility index (Phi) is 4.83. The Morgan fingerprint density at radius 3 is 2.67 bits per heavy atom. The number of fused-ring (bicyclic) bond motifs is 1. The molecule has 0 bridgehead atoms. The van der Waals surface area contributed by atoms with Crippen LogP contribution < -0.4 is 4.90 Å². The molecule has 0 saturated carbocycles. The lowest BCUT2D eigenvalue weighted by atomic mass is 9.92. The van der Waals surface area contributed by atoms with Gasteiger partial charge in [0.25, 0.3) is 0 Å². The fourth-order valence-corrected chi connectivity index (χ4v) is 2.31. The van der Waals surface area contributed by atoms with Crippen LogP contribution in [0.1, 0.15) is 45.7 Å². The normalized spacial score (nSPS) is 12.0. The Hall–Kier alpha value is -1.62. The molecule has 0 radical (unpaired) electrons. The maximum atomic E-state index is 8.83. The molecule has 116 valence electrons. The van der Waals surface area contributed by atoms with E-state index in [2.05, 4.69) is 48.9 Å². The van der Waals surface area contributed by atoms with Crippen LogP contribution in [0.5, 0.6) is 0 Å². The molecule has 0 amide bonds. The smallest absolute Gasteiger partial charge is 0.154 e. The first kappa shape index (κ1) is 15.8. The minimum atomic E-state index is 0.0307. The van der Waals surface area contributed by atoms with Gasteiger partial charge in [-0.25, -0.2) is 9.50 Å². The van der Waals surface area contributed by atoms with E-state index in [4.69, 9.17) is 5.11 Å². The highest BCUT2D eigenvalue weighted by Gasteiger charge is 2.19. The maximum absolute atomic E-state index is 8.83. The molecule has 2 aromatic heterocycles. The van der Waals surface area contributed by atoms with Crippen LogP contribution in [0.2, 0.25) is 0 Å². The molecule has 0 aliphatic carbocycles. The Morgan fingerprint density at radius 2 is 2.00 bits per heavy atom. The summed E-state index contributed by atoms with van der Waals surface area (Å²) in [5.41, 5.74) is 2.15. The zero-order valence-corrected chi connectivity index (χ0v) is 13.5. The predicted octanol–water partition coefficient (Wildman–Crippen LogP) is 2.63. The van der Waals surface area contributed by atoms with Crippen LogP contribution in [0, 0.1) is 0 Å². The quantitative estimate of drug-likeness (QED) is 0.831. The van der Waals surface area contributed by atoms with Crippen molar-refractivity contribution in [1.82, 2.24) is 14.6 Å². The summed E-state index contributed by atoms with van der Waals surface area (Å²) in [5, 5.41) is 13.5. The summed E-state index contributed by atoms with van der Waals surface area (Å²) in [4.78, 5) is 6.68. The molecule has 2 aromatic rings. The van der Waals surface area contributed by atoms with Crippen LogP contribution in [-0.2, 0) is 5.41 Å². The second kappa shape index (κ2) is 6.43. The molecule has 0 fully saturated rings. The van der Waals surface area contributed by atoms with E-state index in [9.17, 15) is 0 Å². The summed E-state index contributed by atoms with van der Waals surface area (Å²) in [6, 6.07) is 2.13. The van der Waals surface area contributed by atoms with E-state index in [1.54, 1.807) is 6.20 Å². The minimum Gasteiger partial charge on any atom is -0.396 e. The monoisotopic (exact) mass is 290 g/mol. The number of hydrogen-bond donors (Lipinski definition) is 1. The van der Waals surface area contributed by atoms with Crippen molar-refractivity contribution in [3.8, 4) is 0 Å². The van der Waals surface area contributed by atoms with Crippen LogP contribution in [0.3, 0.4) is 0 Å². The molecule has 0 aliphatic heterocycles. The van der Waals surface area contributed by atoms with E-state index >= 15 is 0 Å². The van der Waals surface area contributed by atoms with E-state index in [0.29, 0.717) is 0 Å². The highest BCUT2D eigenvalue weighted by Crippen LogP contribution is 2.25. The summed E-state index contributed by atoms with van der Waals surface area (Å²) >= 11 is 0. The van der Waals surface area contributed by atoms with Crippen molar-refractivity contribution < 1.29 is 5.11 Å². The van der Waals surface area contributed by atoms with Gasteiger partial charge in [0.2, 0.25) is 0 Å². The molecular formula is C16H26N4O. The third-order valence-electron chi connectivity index (χ3n) is 3.65. The third-order valence-corrected chi connectivity index (χ3v) is 3.65. The molecule has 0 saturated heterocycles. The first-order chi connectivity index (χ1) is 9.93. The van der Waals surface area contributed by atoms with Gasteiger partial charge in [-0.2, -0.15) is 5.10 Å². The van der Waals surface area contributed by atoms with Gasteiger partial charge in [0, 0.05) is 38.0 Å². The summed E-state index contributed by atoms with van der Waals surface area (Å²) in [7, 11) is 2.06. The molecular weight excluding hydrogens is 264 g/mol. The number of hydrogen-bond acceptors (Lipinski definition) is 4. The highest BCUT2D eigenvalue weighted by molar-refractivity contribution is 5.69. The zero-order valence-electron chi connectivity index (χ0n) is 13.5. The molecule has 2 rings (SSSR count). The molecule has 21 heavy (non-hydrogen) atoms. The summed E-state index contributed by atoms with van der Waals surface area (Å²) in [5.74, 6) is 0.962. The molecule has 0 atom stereocenters. The molecule has 5 heteroatoms. The molecule has 5 nitrogen and oxygen atoms in total. The van der Waals surface area contributed by atoms with Crippen molar-refractivity contribution in [1.29, 1.82) is 0 Å². The van der Waals surface area contributed by atoms with Gasteiger partial charge < -0.3 is 10.0 Å². The fourth-order valence-electron chi connectivity index (χ4n) is 2.31. The van der Waals surface area contributed by atoms with Crippen molar-refractivity contribution in [2.75, 3.05) is 25.1 Å². The minimum absolute atomic E-state index is 0.0307. The predicted molar refractivity (Wildman–Crippen MR) is 85.9 cm³/mol. The first-order valence-corrected chi connectivity index (χ1v) is 7.60. The van der Waals surface area contributed by atoms with Gasteiger partial charge in [0.1, 0.15) is 5.52 Å². The second-order valence-electron chi connectivity index (χ2n) is 6.57. The van der Waals surface area contributed by atoms with Gasteiger partial charge in [0.05, 0.1) is 5.69 Å². The van der Waals surface area contributed by atoms with Crippen LogP contribution in [-0.4, -0.2) is 39.9 Å². The zero-order chi connectivity index (χ0) is 15.5. The number of rotatable bonds is 6. The van der Waals surface area contributed by atoms with E-state index in [1.165, 1.54) is 0 Å². The number of nitrogens with zero attached hydrogens (tertiary/aromatic N) is 4. The van der Waals surface area contributed by atoms with E-state index in [-0.39, 0.29) is 12.0 Å².